The predicted molar refractivity (Wildman–Crippen MR) is 75.3 cm³/mol. The van der Waals surface area contributed by atoms with Crippen LogP contribution in [0.2, 0.25) is 0 Å². The predicted octanol–water partition coefficient (Wildman–Crippen LogP) is 0.882. The van der Waals surface area contributed by atoms with Gasteiger partial charge in [-0.2, -0.15) is 13.2 Å². The summed E-state index contributed by atoms with van der Waals surface area (Å²) < 4.78 is 44.8. The number of phenolic OH excluding ortho intramolecular Hbond substituents is 2. The smallest absolute Gasteiger partial charge is 0.437 e. The van der Waals surface area contributed by atoms with Crippen molar-refractivity contribution in [2.45, 2.75) is 24.9 Å². The topological polar surface area (TPSA) is 128 Å². The lowest BCUT2D eigenvalue weighted by atomic mass is 9.82. The second kappa shape index (κ2) is 6.31. The van der Waals surface area contributed by atoms with Crippen molar-refractivity contribution in [2.24, 2.45) is 5.92 Å². The molecule has 3 atom stereocenters. The van der Waals surface area contributed by atoms with E-state index in [-0.39, 0.29) is 12.2 Å². The molecule has 0 aromatic heterocycles. The molecule has 2 amide bonds. The zero-order valence-corrected chi connectivity index (χ0v) is 12.8. The maximum Gasteiger partial charge on any atom is 0.437 e. The number of carbonyl (C=O) groups is 2. The van der Waals surface area contributed by atoms with Crippen LogP contribution >= 0.6 is 0 Å². The van der Waals surface area contributed by atoms with E-state index in [1.807, 2.05) is 0 Å². The Labute approximate surface area is 139 Å². The van der Waals surface area contributed by atoms with Crippen molar-refractivity contribution >= 4 is 12.0 Å². The molecule has 0 bridgehead atoms. The molecule has 0 aliphatic carbocycles. The number of alkyl halides is 3. The summed E-state index contributed by atoms with van der Waals surface area (Å²) in [6.45, 7) is 1.10. The SMILES string of the molecule is CCOC(=O)C1C(c2ccc(O)c(O)c2)NC(=O)NC1(O)C(F)(F)F. The van der Waals surface area contributed by atoms with Crippen LogP contribution < -0.4 is 10.6 Å². The van der Waals surface area contributed by atoms with Gasteiger partial charge in [-0.3, -0.25) is 4.79 Å². The number of phenols is 2. The van der Waals surface area contributed by atoms with Crippen LogP contribution in [0, 0.1) is 5.92 Å². The highest BCUT2D eigenvalue weighted by molar-refractivity contribution is 5.83. The fraction of sp³-hybridized carbons (Fsp3) is 0.429. The molecule has 0 saturated carbocycles. The fourth-order valence-corrected chi connectivity index (χ4v) is 2.55. The Morgan fingerprint density at radius 1 is 1.32 bits per heavy atom. The average molecular weight is 364 g/mol. The minimum atomic E-state index is -5.39. The third-order valence-electron chi connectivity index (χ3n) is 3.71. The first kappa shape index (κ1) is 18.6. The minimum absolute atomic E-state index is 0.147. The molecule has 0 spiro atoms. The van der Waals surface area contributed by atoms with E-state index in [2.05, 4.69) is 10.1 Å². The van der Waals surface area contributed by atoms with Gasteiger partial charge in [-0.1, -0.05) is 6.07 Å². The molecule has 1 heterocycles. The van der Waals surface area contributed by atoms with E-state index in [0.717, 1.165) is 18.2 Å². The number of benzene rings is 1. The molecule has 1 aliphatic heterocycles. The van der Waals surface area contributed by atoms with Gasteiger partial charge in [0.05, 0.1) is 12.6 Å². The lowest BCUT2D eigenvalue weighted by Gasteiger charge is -2.44. The Morgan fingerprint density at radius 2 is 1.96 bits per heavy atom. The van der Waals surface area contributed by atoms with E-state index in [4.69, 9.17) is 0 Å². The Hall–Kier alpha value is -2.69. The van der Waals surface area contributed by atoms with Crippen molar-refractivity contribution in [3.63, 3.8) is 0 Å². The quantitative estimate of drug-likeness (QED) is 0.400. The summed E-state index contributed by atoms with van der Waals surface area (Å²) >= 11 is 0. The molecule has 138 valence electrons. The highest BCUT2D eigenvalue weighted by atomic mass is 19.4. The van der Waals surface area contributed by atoms with E-state index < -0.39 is 47.4 Å². The number of urea groups is 1. The summed E-state index contributed by atoms with van der Waals surface area (Å²) in [6, 6.07) is -0.125. The van der Waals surface area contributed by atoms with E-state index >= 15 is 0 Å². The summed E-state index contributed by atoms with van der Waals surface area (Å²) in [7, 11) is 0. The van der Waals surface area contributed by atoms with Gasteiger partial charge in [0.2, 0.25) is 0 Å². The number of ether oxygens (including phenoxy) is 1. The van der Waals surface area contributed by atoms with Crippen LogP contribution in [0.5, 0.6) is 11.5 Å². The molecule has 11 heteroatoms. The molecule has 2 rings (SSSR count). The molecule has 25 heavy (non-hydrogen) atoms. The van der Waals surface area contributed by atoms with E-state index in [1.165, 1.54) is 12.2 Å². The number of aliphatic hydroxyl groups is 1. The summed E-state index contributed by atoms with van der Waals surface area (Å²) in [5, 5.41) is 32.3. The maximum absolute atomic E-state index is 13.4. The van der Waals surface area contributed by atoms with Crippen LogP contribution in [0.4, 0.5) is 18.0 Å². The normalized spacial score (nSPS) is 26.5. The van der Waals surface area contributed by atoms with Crippen molar-refractivity contribution in [2.75, 3.05) is 6.61 Å². The molecule has 8 nitrogen and oxygen atoms in total. The van der Waals surface area contributed by atoms with Gasteiger partial charge < -0.3 is 30.7 Å². The van der Waals surface area contributed by atoms with Gasteiger partial charge >= 0.3 is 18.2 Å². The van der Waals surface area contributed by atoms with E-state index in [9.17, 15) is 38.1 Å². The second-order valence-corrected chi connectivity index (χ2v) is 5.32. The fourth-order valence-electron chi connectivity index (χ4n) is 2.55. The van der Waals surface area contributed by atoms with Crippen LogP contribution in [0.25, 0.3) is 0 Å². The van der Waals surface area contributed by atoms with Crippen LogP contribution in [0.15, 0.2) is 18.2 Å². The summed E-state index contributed by atoms with van der Waals surface area (Å²) in [5.41, 5.74) is -4.04. The number of esters is 1. The largest absolute Gasteiger partial charge is 0.504 e. The molecule has 3 unspecified atom stereocenters. The number of amides is 2. The molecule has 0 radical (unpaired) electrons. The van der Waals surface area contributed by atoms with Crippen LogP contribution in [-0.4, -0.2) is 45.8 Å². The Bertz CT molecular complexity index is 696. The third-order valence-corrected chi connectivity index (χ3v) is 3.71. The number of aromatic hydroxyl groups is 2. The van der Waals surface area contributed by atoms with Crippen LogP contribution in [0.3, 0.4) is 0 Å². The molecule has 1 saturated heterocycles. The number of rotatable bonds is 3. The molecular formula is C14H15F3N2O6. The third kappa shape index (κ3) is 3.27. The number of nitrogens with one attached hydrogen (secondary N) is 2. The van der Waals surface area contributed by atoms with Gasteiger partial charge in [0, 0.05) is 0 Å². The Kier molecular flexibility index (Phi) is 4.71. The lowest BCUT2D eigenvalue weighted by molar-refractivity contribution is -0.294. The van der Waals surface area contributed by atoms with Gasteiger partial charge in [-0.15, -0.1) is 0 Å². The second-order valence-electron chi connectivity index (χ2n) is 5.32. The zero-order chi connectivity index (χ0) is 19.0. The monoisotopic (exact) mass is 364 g/mol. The van der Waals surface area contributed by atoms with Crippen LogP contribution in [-0.2, 0) is 9.53 Å². The summed E-state index contributed by atoms with van der Waals surface area (Å²) in [5.74, 6) is -4.94. The van der Waals surface area contributed by atoms with Crippen molar-refractivity contribution in [3.05, 3.63) is 23.8 Å². The number of halogens is 3. The minimum Gasteiger partial charge on any atom is -0.504 e. The number of hydrogen-bond donors (Lipinski definition) is 5. The molecule has 1 aliphatic rings. The first-order chi connectivity index (χ1) is 11.5. The van der Waals surface area contributed by atoms with Gasteiger partial charge in [-0.25, -0.2) is 4.79 Å². The Morgan fingerprint density at radius 3 is 2.48 bits per heavy atom. The van der Waals surface area contributed by atoms with E-state index in [0.29, 0.717) is 0 Å². The number of carbonyl (C=O) groups excluding carboxylic acids is 2. The van der Waals surface area contributed by atoms with Crippen molar-refractivity contribution < 1.29 is 42.8 Å². The average Bonchev–Trinajstić information content (AvgIpc) is 2.48. The van der Waals surface area contributed by atoms with Gasteiger partial charge in [-0.05, 0) is 24.6 Å². The molecule has 1 aromatic rings. The van der Waals surface area contributed by atoms with Crippen molar-refractivity contribution in [3.8, 4) is 11.5 Å². The number of hydrogen-bond acceptors (Lipinski definition) is 6. The standard InChI is InChI=1S/C14H15F3N2O6/c1-2-25-11(22)9-10(6-3-4-7(20)8(21)5-6)18-12(23)19-13(9,24)14(15,16)17/h3-5,9-10,20-21,24H,2H2,1H3,(H2,18,19,23). The first-order valence-corrected chi connectivity index (χ1v) is 7.07. The van der Waals surface area contributed by atoms with Gasteiger partial charge in [0.1, 0.15) is 5.92 Å². The summed E-state index contributed by atoms with van der Waals surface area (Å²) in [6.07, 6.45) is -5.39. The van der Waals surface area contributed by atoms with Crippen molar-refractivity contribution in [1.29, 1.82) is 0 Å². The van der Waals surface area contributed by atoms with Gasteiger partial charge in [0.15, 0.2) is 11.5 Å². The van der Waals surface area contributed by atoms with E-state index in [1.54, 1.807) is 0 Å². The maximum atomic E-state index is 13.4. The molecule has 5 N–H and O–H groups in total. The first-order valence-electron chi connectivity index (χ1n) is 7.07. The molecule has 1 aromatic carbocycles. The molecular weight excluding hydrogens is 349 g/mol. The summed E-state index contributed by atoms with van der Waals surface area (Å²) in [4.78, 5) is 23.8. The van der Waals surface area contributed by atoms with Crippen molar-refractivity contribution in [1.82, 2.24) is 10.6 Å². The van der Waals surface area contributed by atoms with Crippen LogP contribution in [0.1, 0.15) is 18.5 Å². The highest BCUT2D eigenvalue weighted by Gasteiger charge is 2.67. The Balaban J connectivity index is 2.59. The highest BCUT2D eigenvalue weighted by Crippen LogP contribution is 2.44. The molecule has 1 fully saturated rings. The van der Waals surface area contributed by atoms with Gasteiger partial charge in [0.25, 0.3) is 5.72 Å². The zero-order valence-electron chi connectivity index (χ0n) is 12.8. The lowest BCUT2D eigenvalue weighted by Crippen LogP contribution is -2.73.